The van der Waals surface area contributed by atoms with Gasteiger partial charge in [0.15, 0.2) is 5.82 Å². The van der Waals surface area contributed by atoms with E-state index in [2.05, 4.69) is 34.7 Å². The molecule has 4 N–H and O–H groups in total. The smallest absolute Gasteiger partial charge is 0.408 e. The van der Waals surface area contributed by atoms with Crippen molar-refractivity contribution >= 4 is 40.6 Å². The molecule has 4 heterocycles. The van der Waals surface area contributed by atoms with Crippen LogP contribution in [0.4, 0.5) is 10.6 Å². The first-order chi connectivity index (χ1) is 29.9. The number of benzene rings is 1. The summed E-state index contributed by atoms with van der Waals surface area (Å²) in [6.45, 7) is 20.1. The molecular weight excluding hydrogens is 809 g/mol. The number of rotatable bonds is 16. The van der Waals surface area contributed by atoms with E-state index in [1.807, 2.05) is 65.8 Å². The molecule has 17 nitrogen and oxygen atoms in total. The number of ether oxygens (including phenoxy) is 4. The molecule has 2 aromatic heterocycles. The average Bonchev–Trinajstić information content (AvgIpc) is 3.46. The van der Waals surface area contributed by atoms with Crippen molar-refractivity contribution in [2.45, 2.75) is 123 Å². The van der Waals surface area contributed by atoms with E-state index in [1.54, 1.807) is 16.9 Å². The SMILES string of the molecule is CC[C@@H]1C[C@]1(NC(=O)[C@@H]1C[C@@H](Oc2cc(-n3ccc(NC(C)C)n3)nc3cc(OCCN4CCOCC4)ccc23)CN1C(=O)[C@@H](NC(=O)OC1C[C@@H](C)[C@@H](C)C1)C(C)(C)C)C(=O)O. The van der Waals surface area contributed by atoms with E-state index < -0.39 is 53.0 Å². The van der Waals surface area contributed by atoms with Gasteiger partial charge in [0.05, 0.1) is 25.3 Å². The van der Waals surface area contributed by atoms with Gasteiger partial charge in [0.1, 0.15) is 53.8 Å². The minimum Gasteiger partial charge on any atom is -0.492 e. The van der Waals surface area contributed by atoms with Crippen LogP contribution in [0.25, 0.3) is 16.7 Å². The zero-order valence-electron chi connectivity index (χ0n) is 38.0. The number of hydrogen-bond donors (Lipinski definition) is 4. The van der Waals surface area contributed by atoms with Gasteiger partial charge in [-0.05, 0) is 68.4 Å². The lowest BCUT2D eigenvalue weighted by Gasteiger charge is -2.35. The minimum absolute atomic E-state index is 0.0126. The van der Waals surface area contributed by atoms with Crippen LogP contribution in [-0.4, -0.2) is 135 Å². The van der Waals surface area contributed by atoms with Gasteiger partial charge in [-0.1, -0.05) is 48.0 Å². The van der Waals surface area contributed by atoms with Gasteiger partial charge in [0.2, 0.25) is 11.8 Å². The number of pyridine rings is 1. The standard InChI is InChI=1S/C46H66N8O9/c1-9-30-25-46(30,43(57)58)50-41(55)36-23-33(26-53(36)42(56)40(45(6,7)8)49-44(59)63-32-20-28(4)29(5)21-32)62-37-24-39(54-13-12-38(51-54)47-27(2)3)48-35-22-31(10-11-34(35)37)61-19-16-52-14-17-60-18-15-52/h10-13,22,24,27-30,32-33,36,40H,9,14-21,23,25-26H2,1-8H3,(H,47,51)(H,49,59)(H,50,55)(H,57,58)/t28-,29+,30-,32?,33-,36+,40-,46-/m1/s1. The second-order valence-corrected chi connectivity index (χ2v) is 19.4. The summed E-state index contributed by atoms with van der Waals surface area (Å²) in [5.74, 6) is 0.633. The molecule has 2 saturated heterocycles. The average molecular weight is 875 g/mol. The number of carbonyl (C=O) groups is 4. The van der Waals surface area contributed by atoms with Crippen LogP contribution in [0.5, 0.6) is 11.5 Å². The molecule has 7 rings (SSSR count). The highest BCUT2D eigenvalue weighted by Crippen LogP contribution is 2.46. The van der Waals surface area contributed by atoms with Crippen LogP contribution in [0.15, 0.2) is 36.5 Å². The van der Waals surface area contributed by atoms with Crippen LogP contribution < -0.4 is 25.4 Å². The Kier molecular flexibility index (Phi) is 13.8. The zero-order chi connectivity index (χ0) is 45.2. The molecule has 1 aromatic carbocycles. The molecule has 344 valence electrons. The molecule has 63 heavy (non-hydrogen) atoms. The van der Waals surface area contributed by atoms with Gasteiger partial charge in [0, 0.05) is 61.9 Å². The van der Waals surface area contributed by atoms with Gasteiger partial charge in [-0.3, -0.25) is 14.5 Å². The first-order valence-electron chi connectivity index (χ1n) is 22.6. The van der Waals surface area contributed by atoms with Gasteiger partial charge >= 0.3 is 12.1 Å². The van der Waals surface area contributed by atoms with E-state index in [1.165, 1.54) is 4.90 Å². The van der Waals surface area contributed by atoms with Gasteiger partial charge in [0.25, 0.3) is 0 Å². The Morgan fingerprint density at radius 2 is 1.75 bits per heavy atom. The monoisotopic (exact) mass is 874 g/mol. The summed E-state index contributed by atoms with van der Waals surface area (Å²) < 4.78 is 26.0. The van der Waals surface area contributed by atoms with Crippen molar-refractivity contribution in [2.75, 3.05) is 51.3 Å². The largest absolute Gasteiger partial charge is 0.492 e. The topological polar surface area (TPSA) is 199 Å². The Balaban J connectivity index is 1.18. The number of aromatic nitrogens is 3. The van der Waals surface area contributed by atoms with E-state index >= 15 is 0 Å². The molecule has 3 amide bonds. The number of fused-ring (bicyclic) bond motifs is 1. The number of likely N-dealkylation sites (tertiary alicyclic amines) is 1. The maximum absolute atomic E-state index is 14.8. The summed E-state index contributed by atoms with van der Waals surface area (Å²) in [6, 6.07) is 7.24. The van der Waals surface area contributed by atoms with Crippen molar-refractivity contribution in [1.82, 2.24) is 35.2 Å². The first kappa shape index (κ1) is 45.9. The van der Waals surface area contributed by atoms with Crippen LogP contribution in [0.1, 0.15) is 87.5 Å². The normalized spacial score (nSPS) is 26.7. The summed E-state index contributed by atoms with van der Waals surface area (Å²) in [6.07, 6.45) is 2.57. The molecule has 1 unspecified atom stereocenters. The molecule has 2 saturated carbocycles. The maximum Gasteiger partial charge on any atom is 0.408 e. The number of morpholine rings is 1. The Morgan fingerprint density at radius 3 is 2.40 bits per heavy atom. The highest BCUT2D eigenvalue weighted by molar-refractivity contribution is 5.96. The molecule has 0 bridgehead atoms. The predicted octanol–water partition coefficient (Wildman–Crippen LogP) is 5.25. The number of nitrogens with one attached hydrogen (secondary N) is 3. The molecule has 0 radical (unpaired) electrons. The van der Waals surface area contributed by atoms with Gasteiger partial charge in [-0.15, -0.1) is 5.10 Å². The molecule has 8 atom stereocenters. The number of nitrogens with zero attached hydrogens (tertiary/aromatic N) is 5. The Bertz CT molecular complexity index is 2120. The Labute approximate surface area is 369 Å². The summed E-state index contributed by atoms with van der Waals surface area (Å²) in [7, 11) is 0. The van der Waals surface area contributed by atoms with Crippen molar-refractivity contribution in [3.8, 4) is 17.3 Å². The number of alkyl carbamates (subject to hydrolysis) is 1. The molecular formula is C46H66N8O9. The lowest BCUT2D eigenvalue weighted by Crippen LogP contribution is -2.59. The van der Waals surface area contributed by atoms with E-state index in [9.17, 15) is 24.3 Å². The number of carboxylic acids is 1. The van der Waals surface area contributed by atoms with Crippen LogP contribution in [-0.2, 0) is 23.9 Å². The number of carboxylic acid groups (broad SMARTS) is 1. The van der Waals surface area contributed by atoms with Crippen molar-refractivity contribution < 1.29 is 43.2 Å². The molecule has 17 heteroatoms. The Hall–Kier alpha value is -5.16. The highest BCUT2D eigenvalue weighted by Gasteiger charge is 2.61. The van der Waals surface area contributed by atoms with Gasteiger partial charge < -0.3 is 44.9 Å². The quantitative estimate of drug-likeness (QED) is 0.146. The molecule has 4 fully saturated rings. The number of anilines is 1. The second kappa shape index (κ2) is 18.9. The third kappa shape index (κ3) is 10.6. The lowest BCUT2D eigenvalue weighted by molar-refractivity contribution is -0.146. The van der Waals surface area contributed by atoms with Gasteiger partial charge in [-0.2, -0.15) is 0 Å². The zero-order valence-corrected chi connectivity index (χ0v) is 38.0. The van der Waals surface area contributed by atoms with Crippen molar-refractivity contribution in [1.29, 1.82) is 0 Å². The van der Waals surface area contributed by atoms with E-state index in [0.29, 0.717) is 78.5 Å². The molecule has 0 spiro atoms. The summed E-state index contributed by atoms with van der Waals surface area (Å²) in [5, 5.41) is 24.6. The van der Waals surface area contributed by atoms with E-state index in [4.69, 9.17) is 29.0 Å². The molecule has 4 aliphatic rings. The number of carbonyl (C=O) groups excluding carboxylic acids is 3. The van der Waals surface area contributed by atoms with Crippen LogP contribution >= 0.6 is 0 Å². The predicted molar refractivity (Wildman–Crippen MR) is 236 cm³/mol. The highest BCUT2D eigenvalue weighted by atomic mass is 16.6. The fraction of sp³-hybridized carbons (Fsp3) is 0.652. The summed E-state index contributed by atoms with van der Waals surface area (Å²) in [5.41, 5.74) is -1.61. The lowest BCUT2D eigenvalue weighted by atomic mass is 9.85. The van der Waals surface area contributed by atoms with E-state index in [0.717, 1.165) is 32.5 Å². The van der Waals surface area contributed by atoms with E-state index in [-0.39, 0.29) is 31.0 Å². The maximum atomic E-state index is 14.8. The minimum atomic E-state index is -1.41. The van der Waals surface area contributed by atoms with Crippen molar-refractivity contribution in [3.63, 3.8) is 0 Å². The third-order valence-electron chi connectivity index (χ3n) is 13.1. The van der Waals surface area contributed by atoms with Crippen LogP contribution in [0, 0.1) is 23.2 Å². The van der Waals surface area contributed by atoms with Gasteiger partial charge in [-0.25, -0.2) is 19.3 Å². The second-order valence-electron chi connectivity index (χ2n) is 19.4. The number of hydrogen-bond acceptors (Lipinski definition) is 12. The van der Waals surface area contributed by atoms with Crippen LogP contribution in [0.3, 0.4) is 0 Å². The van der Waals surface area contributed by atoms with Crippen molar-refractivity contribution in [2.24, 2.45) is 23.2 Å². The summed E-state index contributed by atoms with van der Waals surface area (Å²) in [4.78, 5) is 63.8. The first-order valence-corrected chi connectivity index (χ1v) is 22.6. The van der Waals surface area contributed by atoms with Crippen LogP contribution in [0.2, 0.25) is 0 Å². The number of amides is 3. The Morgan fingerprint density at radius 1 is 1.02 bits per heavy atom. The molecule has 2 aliphatic heterocycles. The fourth-order valence-electron chi connectivity index (χ4n) is 9.16. The number of aliphatic carboxylic acids is 1. The molecule has 3 aromatic rings. The third-order valence-corrected chi connectivity index (χ3v) is 13.1. The fourth-order valence-corrected chi connectivity index (χ4v) is 9.16. The summed E-state index contributed by atoms with van der Waals surface area (Å²) >= 11 is 0. The van der Waals surface area contributed by atoms with Crippen molar-refractivity contribution in [3.05, 3.63) is 36.5 Å². The molecule has 2 aliphatic carbocycles.